The van der Waals surface area contributed by atoms with Crippen LogP contribution < -0.4 is 5.32 Å². The molecule has 1 N–H and O–H groups in total. The Bertz CT molecular complexity index is 453. The number of hydrogen-bond donors (Lipinski definition) is 1. The van der Waals surface area contributed by atoms with Gasteiger partial charge in [0.25, 0.3) is 0 Å². The molecule has 94 valence electrons. The van der Waals surface area contributed by atoms with Gasteiger partial charge in [-0.25, -0.2) is 0 Å². The molecular weight excluding hydrogens is 220 g/mol. The van der Waals surface area contributed by atoms with Gasteiger partial charge < -0.3 is 5.32 Å². The van der Waals surface area contributed by atoms with Crippen LogP contribution in [0.5, 0.6) is 0 Å². The van der Waals surface area contributed by atoms with Gasteiger partial charge in [-0.1, -0.05) is 44.2 Å². The highest BCUT2D eigenvalue weighted by atomic mass is 14.9. The van der Waals surface area contributed by atoms with Crippen LogP contribution in [0, 0.1) is 0 Å². The van der Waals surface area contributed by atoms with E-state index in [1.807, 2.05) is 12.4 Å². The van der Waals surface area contributed by atoms with Crippen molar-refractivity contribution in [1.82, 2.24) is 10.3 Å². The van der Waals surface area contributed by atoms with Crippen LogP contribution in [0.2, 0.25) is 0 Å². The highest BCUT2D eigenvalue weighted by molar-refractivity contribution is 5.26. The van der Waals surface area contributed by atoms with E-state index < -0.39 is 0 Å². The largest absolute Gasteiger partial charge is 0.310 e. The zero-order valence-electron chi connectivity index (χ0n) is 11.0. The molecule has 0 saturated heterocycles. The van der Waals surface area contributed by atoms with Crippen molar-refractivity contribution in [2.24, 2.45) is 0 Å². The number of nitrogens with zero attached hydrogens (tertiary/aromatic N) is 1. The molecule has 1 aromatic carbocycles. The summed E-state index contributed by atoms with van der Waals surface area (Å²) < 4.78 is 0. The van der Waals surface area contributed by atoms with E-state index in [-0.39, 0.29) is 0 Å². The Morgan fingerprint density at radius 2 is 1.67 bits per heavy atom. The van der Waals surface area contributed by atoms with Crippen molar-refractivity contribution in [3.05, 3.63) is 66.0 Å². The average Bonchev–Trinajstić information content (AvgIpc) is 2.46. The van der Waals surface area contributed by atoms with Gasteiger partial charge in [0, 0.05) is 24.4 Å². The quantitative estimate of drug-likeness (QED) is 0.864. The van der Waals surface area contributed by atoms with Crippen LogP contribution in [0.3, 0.4) is 0 Å². The minimum absolute atomic E-state index is 0.346. The fourth-order valence-corrected chi connectivity index (χ4v) is 2.32. The number of hydrogen-bond acceptors (Lipinski definition) is 2. The average molecular weight is 240 g/mol. The second-order valence-corrected chi connectivity index (χ2v) is 4.52. The Morgan fingerprint density at radius 1 is 1.00 bits per heavy atom. The smallest absolute Gasteiger partial charge is 0.0386 e. The predicted octanol–water partition coefficient (Wildman–Crippen LogP) is 3.54. The molecule has 0 aliphatic heterocycles. The van der Waals surface area contributed by atoms with Crippen LogP contribution in [0.4, 0.5) is 0 Å². The molecule has 0 aliphatic rings. The first-order valence-electron chi connectivity index (χ1n) is 6.51. The normalized spacial score (nSPS) is 14.1. The molecule has 0 bridgehead atoms. The molecule has 2 atom stereocenters. The number of aromatic nitrogens is 1. The van der Waals surface area contributed by atoms with Gasteiger partial charge in [0.05, 0.1) is 0 Å². The van der Waals surface area contributed by atoms with E-state index in [1.165, 1.54) is 11.1 Å². The molecule has 2 nitrogen and oxygen atoms in total. The first-order chi connectivity index (χ1) is 8.83. The van der Waals surface area contributed by atoms with Crippen LogP contribution >= 0.6 is 0 Å². The highest BCUT2D eigenvalue weighted by Crippen LogP contribution is 2.29. The van der Waals surface area contributed by atoms with Gasteiger partial charge in [-0.3, -0.25) is 4.98 Å². The third-order valence-electron chi connectivity index (χ3n) is 3.31. The van der Waals surface area contributed by atoms with Crippen LogP contribution in [-0.2, 0) is 0 Å². The predicted molar refractivity (Wildman–Crippen MR) is 75.5 cm³/mol. The molecule has 2 heteroatoms. The molecule has 0 saturated carbocycles. The molecule has 0 amide bonds. The molecule has 2 aromatic rings. The lowest BCUT2D eigenvalue weighted by molar-refractivity contribution is 0.479. The molecule has 0 radical (unpaired) electrons. The Labute approximate surface area is 109 Å². The molecule has 0 spiro atoms. The van der Waals surface area contributed by atoms with E-state index in [1.54, 1.807) is 0 Å². The van der Waals surface area contributed by atoms with Crippen molar-refractivity contribution in [3.8, 4) is 0 Å². The van der Waals surface area contributed by atoms with E-state index in [4.69, 9.17) is 0 Å². The summed E-state index contributed by atoms with van der Waals surface area (Å²) in [7, 11) is 0. The highest BCUT2D eigenvalue weighted by Gasteiger charge is 2.19. The molecule has 1 heterocycles. The Hall–Kier alpha value is -1.67. The second-order valence-electron chi connectivity index (χ2n) is 4.52. The molecule has 2 rings (SSSR count). The van der Waals surface area contributed by atoms with E-state index >= 15 is 0 Å². The Morgan fingerprint density at radius 3 is 2.28 bits per heavy atom. The van der Waals surface area contributed by atoms with Gasteiger partial charge in [-0.15, -0.1) is 0 Å². The number of benzene rings is 1. The minimum Gasteiger partial charge on any atom is -0.310 e. The van der Waals surface area contributed by atoms with Crippen LogP contribution in [0.25, 0.3) is 0 Å². The lowest BCUT2D eigenvalue weighted by Gasteiger charge is -2.25. The first-order valence-corrected chi connectivity index (χ1v) is 6.51. The topological polar surface area (TPSA) is 24.9 Å². The molecule has 18 heavy (non-hydrogen) atoms. The third kappa shape index (κ3) is 2.96. The van der Waals surface area contributed by atoms with Crippen LogP contribution in [0.15, 0.2) is 54.9 Å². The lowest BCUT2D eigenvalue weighted by atomic mass is 9.89. The number of pyridine rings is 1. The van der Waals surface area contributed by atoms with Crippen molar-refractivity contribution in [1.29, 1.82) is 0 Å². The van der Waals surface area contributed by atoms with Crippen molar-refractivity contribution < 1.29 is 0 Å². The number of nitrogens with one attached hydrogen (secondary N) is 1. The zero-order chi connectivity index (χ0) is 12.8. The van der Waals surface area contributed by atoms with Gasteiger partial charge in [0.2, 0.25) is 0 Å². The summed E-state index contributed by atoms with van der Waals surface area (Å²) in [6.45, 7) is 5.37. The van der Waals surface area contributed by atoms with Crippen molar-refractivity contribution >= 4 is 0 Å². The van der Waals surface area contributed by atoms with Gasteiger partial charge in [-0.2, -0.15) is 0 Å². The number of likely N-dealkylation sites (N-methyl/N-ethyl adjacent to an activating group) is 1. The van der Waals surface area contributed by atoms with Gasteiger partial charge in [-0.05, 0) is 29.8 Å². The molecule has 0 fully saturated rings. The molecule has 2 unspecified atom stereocenters. The summed E-state index contributed by atoms with van der Waals surface area (Å²) in [6, 6.07) is 15.2. The summed E-state index contributed by atoms with van der Waals surface area (Å²) in [6.07, 6.45) is 3.72. The summed E-state index contributed by atoms with van der Waals surface area (Å²) in [4.78, 5) is 4.09. The molecule has 0 aliphatic carbocycles. The van der Waals surface area contributed by atoms with Crippen molar-refractivity contribution in [3.63, 3.8) is 0 Å². The second kappa shape index (κ2) is 6.31. The minimum atomic E-state index is 0.346. The maximum Gasteiger partial charge on any atom is 0.0386 e. The fourth-order valence-electron chi connectivity index (χ4n) is 2.32. The zero-order valence-corrected chi connectivity index (χ0v) is 11.0. The summed E-state index contributed by atoms with van der Waals surface area (Å²) in [5, 5.41) is 3.58. The van der Waals surface area contributed by atoms with Crippen molar-refractivity contribution in [2.45, 2.75) is 25.8 Å². The van der Waals surface area contributed by atoms with Crippen molar-refractivity contribution in [2.75, 3.05) is 6.54 Å². The fraction of sp³-hybridized carbons (Fsp3) is 0.312. The standard InChI is InChI=1S/C16H20N2/c1-3-18-16(15-7-5-4-6-8-15)13(2)14-9-11-17-12-10-14/h4-13,16,18H,3H2,1-2H3. The van der Waals surface area contributed by atoms with Gasteiger partial charge in [0.1, 0.15) is 0 Å². The maximum atomic E-state index is 4.09. The lowest BCUT2D eigenvalue weighted by Crippen LogP contribution is -2.25. The van der Waals surface area contributed by atoms with Crippen LogP contribution in [0.1, 0.15) is 36.9 Å². The van der Waals surface area contributed by atoms with Gasteiger partial charge in [0.15, 0.2) is 0 Å². The molecular formula is C16H20N2. The molecule has 1 aromatic heterocycles. The number of rotatable bonds is 5. The maximum absolute atomic E-state index is 4.09. The van der Waals surface area contributed by atoms with E-state index in [0.717, 1.165) is 6.54 Å². The Balaban J connectivity index is 2.26. The SMILES string of the molecule is CCNC(c1ccccc1)C(C)c1ccncc1. The first kappa shape index (κ1) is 12.8. The van der Waals surface area contributed by atoms with E-state index in [9.17, 15) is 0 Å². The van der Waals surface area contributed by atoms with E-state index in [2.05, 4.69) is 66.6 Å². The Kier molecular flexibility index (Phi) is 4.48. The summed E-state index contributed by atoms with van der Waals surface area (Å²) in [5.74, 6) is 0.426. The van der Waals surface area contributed by atoms with E-state index in [0.29, 0.717) is 12.0 Å². The van der Waals surface area contributed by atoms with Gasteiger partial charge >= 0.3 is 0 Å². The summed E-state index contributed by atoms with van der Waals surface area (Å²) in [5.41, 5.74) is 2.66. The van der Waals surface area contributed by atoms with Crippen LogP contribution in [-0.4, -0.2) is 11.5 Å². The third-order valence-corrected chi connectivity index (χ3v) is 3.31. The summed E-state index contributed by atoms with van der Waals surface area (Å²) >= 11 is 0. The monoisotopic (exact) mass is 240 g/mol.